The van der Waals surface area contributed by atoms with Gasteiger partial charge in [-0.15, -0.1) is 0 Å². The van der Waals surface area contributed by atoms with Crippen molar-refractivity contribution in [3.63, 3.8) is 0 Å². The molecule has 0 aliphatic heterocycles. The minimum Gasteiger partial charge on any atom is -0.455 e. The SMILES string of the molecule is CC(=O)C(=Cc1cccc([N+](=O)[O-])c1)C(=O)OC(C)(C)CN(C)CCC(c1ccccc1)c1ccccc1. The Labute approximate surface area is 223 Å². The first-order valence-corrected chi connectivity index (χ1v) is 12.5. The summed E-state index contributed by atoms with van der Waals surface area (Å²) in [7, 11) is 1.98. The molecule has 0 aliphatic carbocycles. The summed E-state index contributed by atoms with van der Waals surface area (Å²) in [6.45, 7) is 6.10. The number of hydrogen-bond acceptors (Lipinski definition) is 6. The molecule has 0 saturated heterocycles. The Morgan fingerprint density at radius 1 is 0.974 bits per heavy atom. The molecule has 0 saturated carbocycles. The molecule has 7 nitrogen and oxygen atoms in total. The molecule has 3 aromatic rings. The number of hydrogen-bond donors (Lipinski definition) is 0. The maximum absolute atomic E-state index is 13.0. The maximum Gasteiger partial charge on any atom is 0.342 e. The van der Waals surface area contributed by atoms with Crippen LogP contribution < -0.4 is 0 Å². The molecule has 0 radical (unpaired) electrons. The van der Waals surface area contributed by atoms with E-state index in [1.807, 2.05) is 43.4 Å². The van der Waals surface area contributed by atoms with E-state index in [9.17, 15) is 19.7 Å². The zero-order valence-corrected chi connectivity index (χ0v) is 22.3. The Bertz CT molecular complexity index is 1250. The zero-order valence-electron chi connectivity index (χ0n) is 22.3. The van der Waals surface area contributed by atoms with Crippen LogP contribution in [-0.4, -0.2) is 47.3 Å². The lowest BCUT2D eigenvalue weighted by atomic mass is 9.88. The van der Waals surface area contributed by atoms with Crippen LogP contribution in [0.5, 0.6) is 0 Å². The second kappa shape index (κ2) is 12.9. The minimum atomic E-state index is -0.877. The number of Topliss-reactive ketones (excluding diaryl/α,β-unsaturated/α-hetero) is 1. The fourth-order valence-electron chi connectivity index (χ4n) is 4.51. The van der Waals surface area contributed by atoms with Gasteiger partial charge in [-0.05, 0) is 63.6 Å². The number of rotatable bonds is 12. The molecule has 0 N–H and O–H groups in total. The quantitative estimate of drug-likeness (QED) is 0.0731. The van der Waals surface area contributed by atoms with Crippen molar-refractivity contribution in [1.82, 2.24) is 4.90 Å². The van der Waals surface area contributed by atoms with E-state index >= 15 is 0 Å². The van der Waals surface area contributed by atoms with Crippen LogP contribution >= 0.6 is 0 Å². The fraction of sp³-hybridized carbons (Fsp3) is 0.290. The number of nitro groups is 1. The average molecular weight is 515 g/mol. The van der Waals surface area contributed by atoms with Crippen LogP contribution in [0.1, 0.15) is 49.8 Å². The standard InChI is InChI=1S/C31H34N2O5/c1-23(34)29(21-24-12-11-17-27(20-24)33(36)37)30(35)38-31(2,3)22-32(4)19-18-28(25-13-7-5-8-14-25)26-15-9-6-10-16-26/h5-17,20-21,28H,18-19,22H2,1-4H3. The van der Waals surface area contributed by atoms with Gasteiger partial charge in [0.15, 0.2) is 5.78 Å². The van der Waals surface area contributed by atoms with E-state index in [1.165, 1.54) is 42.3 Å². The third kappa shape index (κ3) is 8.21. The first-order chi connectivity index (χ1) is 18.1. The molecule has 0 amide bonds. The Hall–Kier alpha value is -4.10. The smallest absolute Gasteiger partial charge is 0.342 e. The monoisotopic (exact) mass is 514 g/mol. The van der Waals surface area contributed by atoms with Crippen LogP contribution in [0.25, 0.3) is 6.08 Å². The van der Waals surface area contributed by atoms with Gasteiger partial charge in [0.1, 0.15) is 11.2 Å². The molecule has 0 bridgehead atoms. The maximum atomic E-state index is 13.0. The van der Waals surface area contributed by atoms with Gasteiger partial charge in [-0.3, -0.25) is 14.9 Å². The molecule has 0 unspecified atom stereocenters. The minimum absolute atomic E-state index is 0.124. The van der Waals surface area contributed by atoms with Crippen LogP contribution in [-0.2, 0) is 14.3 Å². The van der Waals surface area contributed by atoms with Crippen molar-refractivity contribution in [3.8, 4) is 0 Å². The highest BCUT2D eigenvalue weighted by Gasteiger charge is 2.28. The molecule has 0 aliphatic rings. The highest BCUT2D eigenvalue weighted by atomic mass is 16.6. The number of ether oxygens (including phenoxy) is 1. The van der Waals surface area contributed by atoms with Crippen LogP contribution in [0.2, 0.25) is 0 Å². The molecule has 0 atom stereocenters. The molecule has 0 fully saturated rings. The highest BCUT2D eigenvalue weighted by Crippen LogP contribution is 2.28. The van der Waals surface area contributed by atoms with Crippen LogP contribution in [0.15, 0.2) is 90.5 Å². The average Bonchev–Trinajstić information content (AvgIpc) is 2.88. The number of ketones is 1. The summed E-state index contributed by atoms with van der Waals surface area (Å²) in [5.41, 5.74) is 1.71. The third-order valence-electron chi connectivity index (χ3n) is 6.21. The van der Waals surface area contributed by atoms with E-state index in [0.717, 1.165) is 13.0 Å². The number of nitro benzene ring substituents is 1. The lowest BCUT2D eigenvalue weighted by Crippen LogP contribution is -2.41. The molecule has 3 rings (SSSR count). The normalized spacial score (nSPS) is 12.0. The van der Waals surface area contributed by atoms with Crippen LogP contribution in [0.4, 0.5) is 5.69 Å². The number of nitrogens with zero attached hydrogens (tertiary/aromatic N) is 2. The van der Waals surface area contributed by atoms with Gasteiger partial charge in [-0.25, -0.2) is 4.79 Å². The first-order valence-electron chi connectivity index (χ1n) is 12.5. The molecule has 3 aromatic carbocycles. The Balaban J connectivity index is 1.67. The summed E-state index contributed by atoms with van der Waals surface area (Å²) in [4.78, 5) is 37.9. The third-order valence-corrected chi connectivity index (χ3v) is 6.21. The summed E-state index contributed by atoms with van der Waals surface area (Å²) in [6.07, 6.45) is 2.21. The Morgan fingerprint density at radius 3 is 2.08 bits per heavy atom. The predicted octanol–water partition coefficient (Wildman–Crippen LogP) is 6.04. The van der Waals surface area contributed by atoms with Crippen molar-refractivity contribution in [2.75, 3.05) is 20.1 Å². The fourth-order valence-corrected chi connectivity index (χ4v) is 4.51. The van der Waals surface area contributed by atoms with E-state index in [4.69, 9.17) is 4.74 Å². The summed E-state index contributed by atoms with van der Waals surface area (Å²) >= 11 is 0. The van der Waals surface area contributed by atoms with Gasteiger partial charge in [0.25, 0.3) is 5.69 Å². The Kier molecular flexibility index (Phi) is 9.68. The van der Waals surface area contributed by atoms with Gasteiger partial charge in [0.05, 0.1) is 4.92 Å². The van der Waals surface area contributed by atoms with E-state index < -0.39 is 22.3 Å². The van der Waals surface area contributed by atoms with Crippen molar-refractivity contribution in [1.29, 1.82) is 0 Å². The summed E-state index contributed by atoms with van der Waals surface area (Å²) < 4.78 is 5.75. The van der Waals surface area contributed by atoms with E-state index in [1.54, 1.807) is 19.9 Å². The molecule has 38 heavy (non-hydrogen) atoms. The molecule has 0 spiro atoms. The van der Waals surface area contributed by atoms with Gasteiger partial charge in [-0.1, -0.05) is 72.8 Å². The number of carbonyl (C=O) groups excluding carboxylic acids is 2. The predicted molar refractivity (Wildman–Crippen MR) is 149 cm³/mol. The lowest BCUT2D eigenvalue weighted by Gasteiger charge is -2.31. The zero-order chi connectivity index (χ0) is 27.7. The van der Waals surface area contributed by atoms with Crippen molar-refractivity contribution < 1.29 is 19.2 Å². The van der Waals surface area contributed by atoms with Crippen molar-refractivity contribution >= 4 is 23.5 Å². The van der Waals surface area contributed by atoms with Crippen molar-refractivity contribution in [3.05, 3.63) is 117 Å². The number of non-ortho nitro benzene ring substituents is 1. The van der Waals surface area contributed by atoms with E-state index in [2.05, 4.69) is 29.2 Å². The molecule has 198 valence electrons. The van der Waals surface area contributed by atoms with Gasteiger partial charge >= 0.3 is 5.97 Å². The van der Waals surface area contributed by atoms with Gasteiger partial charge in [-0.2, -0.15) is 0 Å². The number of benzene rings is 3. The second-order valence-corrected chi connectivity index (χ2v) is 10.0. The van der Waals surface area contributed by atoms with E-state index in [-0.39, 0.29) is 17.2 Å². The Morgan fingerprint density at radius 2 is 1.55 bits per heavy atom. The first kappa shape index (κ1) is 28.5. The number of carbonyl (C=O) groups is 2. The highest BCUT2D eigenvalue weighted by molar-refractivity contribution is 6.19. The van der Waals surface area contributed by atoms with Crippen LogP contribution in [0.3, 0.4) is 0 Å². The summed E-state index contributed by atoms with van der Waals surface area (Å²) in [5.74, 6) is -0.999. The van der Waals surface area contributed by atoms with Crippen LogP contribution in [0, 0.1) is 10.1 Å². The summed E-state index contributed by atoms with van der Waals surface area (Å²) in [6, 6.07) is 26.5. The van der Waals surface area contributed by atoms with Crippen molar-refractivity contribution in [2.45, 2.75) is 38.7 Å². The molecular weight excluding hydrogens is 480 g/mol. The number of likely N-dealkylation sites (N-methyl/N-ethyl adjacent to an activating group) is 1. The van der Waals surface area contributed by atoms with Crippen molar-refractivity contribution in [2.24, 2.45) is 0 Å². The van der Waals surface area contributed by atoms with Gasteiger partial charge < -0.3 is 9.64 Å². The number of esters is 1. The molecule has 0 heterocycles. The topological polar surface area (TPSA) is 89.8 Å². The lowest BCUT2D eigenvalue weighted by molar-refractivity contribution is -0.384. The van der Waals surface area contributed by atoms with Gasteiger partial charge in [0.2, 0.25) is 0 Å². The molecule has 7 heteroatoms. The molecular formula is C31H34N2O5. The van der Waals surface area contributed by atoms with E-state index in [0.29, 0.717) is 12.1 Å². The molecule has 0 aromatic heterocycles. The summed E-state index contributed by atoms with van der Waals surface area (Å²) in [5, 5.41) is 11.1. The largest absolute Gasteiger partial charge is 0.455 e. The second-order valence-electron chi connectivity index (χ2n) is 10.0. The van der Waals surface area contributed by atoms with Gasteiger partial charge in [0, 0.05) is 24.6 Å².